The summed E-state index contributed by atoms with van der Waals surface area (Å²) in [7, 11) is 0. The summed E-state index contributed by atoms with van der Waals surface area (Å²) < 4.78 is 13.1. The minimum absolute atomic E-state index is 0.0960. The van der Waals surface area contributed by atoms with Gasteiger partial charge in [-0.25, -0.2) is 0 Å². The van der Waals surface area contributed by atoms with E-state index in [0.29, 0.717) is 30.5 Å². The Labute approximate surface area is 315 Å². The fraction of sp³-hybridized carbons (Fsp3) is 0.512. The molecule has 0 saturated carbocycles. The van der Waals surface area contributed by atoms with Gasteiger partial charge in [0.1, 0.15) is 17.7 Å². The molecule has 3 aliphatic rings. The summed E-state index contributed by atoms with van der Waals surface area (Å²) in [5.74, 6) is -3.62. The van der Waals surface area contributed by atoms with Crippen LogP contribution in [0.5, 0.6) is 0 Å². The normalized spacial score (nSPS) is 26.4. The number of anilines is 1. The van der Waals surface area contributed by atoms with E-state index >= 15 is 4.79 Å². The molecule has 2 aromatic carbocycles. The molecular formula is C41H52BrN3O7. The molecule has 3 amide bonds. The van der Waals surface area contributed by atoms with Gasteiger partial charge in [0.25, 0.3) is 5.91 Å². The summed E-state index contributed by atoms with van der Waals surface area (Å²) in [4.78, 5) is 60.2. The number of esters is 1. The fourth-order valence-corrected chi connectivity index (χ4v) is 9.31. The van der Waals surface area contributed by atoms with E-state index in [-0.39, 0.29) is 42.1 Å². The Bertz CT molecular complexity index is 1670. The van der Waals surface area contributed by atoms with Gasteiger partial charge in [0.05, 0.1) is 36.6 Å². The maximum absolute atomic E-state index is 15.1. The summed E-state index contributed by atoms with van der Waals surface area (Å²) >= 11 is 3.76. The highest BCUT2D eigenvalue weighted by Gasteiger charge is 2.77. The maximum Gasteiger partial charge on any atom is 0.313 e. The molecule has 3 fully saturated rings. The lowest BCUT2D eigenvalue weighted by Gasteiger charge is -2.40. The van der Waals surface area contributed by atoms with Crippen molar-refractivity contribution >= 4 is 45.3 Å². The Morgan fingerprint density at radius 3 is 2.48 bits per heavy atom. The lowest BCUT2D eigenvalue weighted by molar-refractivity contribution is -0.162. The predicted octanol–water partition coefficient (Wildman–Crippen LogP) is 5.73. The van der Waals surface area contributed by atoms with Gasteiger partial charge in [0.2, 0.25) is 11.8 Å². The number of nitrogens with one attached hydrogen (secondary N) is 1. The molecule has 280 valence electrons. The molecule has 10 nitrogen and oxygen atoms in total. The Morgan fingerprint density at radius 2 is 1.85 bits per heavy atom. The molecule has 2 N–H and O–H groups in total. The number of carbonyl (C=O) groups is 4. The van der Waals surface area contributed by atoms with Gasteiger partial charge in [-0.05, 0) is 68.7 Å². The number of halogens is 1. The Morgan fingerprint density at radius 1 is 1.13 bits per heavy atom. The third-order valence-electron chi connectivity index (χ3n) is 10.6. The van der Waals surface area contributed by atoms with Crippen LogP contribution in [-0.2, 0) is 28.7 Å². The summed E-state index contributed by atoms with van der Waals surface area (Å²) in [6.45, 7) is 17.1. The van der Waals surface area contributed by atoms with Crippen molar-refractivity contribution in [3.63, 3.8) is 0 Å². The molecule has 1 spiro atoms. The van der Waals surface area contributed by atoms with Crippen LogP contribution in [0.3, 0.4) is 0 Å². The molecule has 3 aliphatic heterocycles. The van der Waals surface area contributed by atoms with Crippen LogP contribution in [0, 0.1) is 31.6 Å². The number of benzene rings is 2. The number of carbonyl (C=O) groups excluding carboxylic acids is 4. The molecule has 11 heteroatoms. The molecule has 5 rings (SSSR count). The zero-order chi connectivity index (χ0) is 37.9. The number of ether oxygens (including phenoxy) is 2. The number of rotatable bonds is 16. The topological polar surface area (TPSA) is 125 Å². The Balaban J connectivity index is 1.57. The molecule has 2 aromatic rings. The van der Waals surface area contributed by atoms with Crippen LogP contribution in [0.2, 0.25) is 0 Å². The van der Waals surface area contributed by atoms with Crippen molar-refractivity contribution in [2.75, 3.05) is 18.1 Å². The first kappa shape index (κ1) is 39.4. The zero-order valence-corrected chi connectivity index (χ0v) is 32.4. The van der Waals surface area contributed by atoms with E-state index in [1.807, 2.05) is 76.2 Å². The number of amides is 3. The number of fused-ring (bicyclic) bond motifs is 1. The van der Waals surface area contributed by atoms with E-state index in [9.17, 15) is 19.5 Å². The van der Waals surface area contributed by atoms with Gasteiger partial charge in [-0.3, -0.25) is 19.2 Å². The van der Waals surface area contributed by atoms with Gasteiger partial charge in [-0.15, -0.1) is 13.2 Å². The molecule has 2 bridgehead atoms. The van der Waals surface area contributed by atoms with Crippen molar-refractivity contribution in [3.8, 4) is 0 Å². The molecule has 9 atom stereocenters. The summed E-state index contributed by atoms with van der Waals surface area (Å²) in [6, 6.07) is 12.6. The van der Waals surface area contributed by atoms with Crippen LogP contribution in [0.1, 0.15) is 69.2 Å². The summed E-state index contributed by atoms with van der Waals surface area (Å²) in [5.41, 5.74) is 1.84. The van der Waals surface area contributed by atoms with Gasteiger partial charge in [0.15, 0.2) is 0 Å². The van der Waals surface area contributed by atoms with Gasteiger partial charge in [-0.2, -0.15) is 0 Å². The molecule has 52 heavy (non-hydrogen) atoms. The smallest absolute Gasteiger partial charge is 0.313 e. The second-order valence-electron chi connectivity index (χ2n) is 14.9. The molecule has 3 heterocycles. The van der Waals surface area contributed by atoms with Crippen LogP contribution in [-0.4, -0.2) is 81.5 Å². The number of nitrogens with zero attached hydrogens (tertiary/aromatic N) is 2. The largest absolute Gasteiger partial charge is 0.455 e. The van der Waals surface area contributed by atoms with Crippen molar-refractivity contribution in [2.45, 2.75) is 101 Å². The highest BCUT2D eigenvalue weighted by Crippen LogP contribution is 2.61. The second-order valence-corrected chi connectivity index (χ2v) is 16.0. The number of aliphatic hydroxyl groups excluding tert-OH is 1. The molecule has 0 aliphatic carbocycles. The number of hydrogen-bond donors (Lipinski definition) is 2. The minimum atomic E-state index is -1.37. The first-order chi connectivity index (χ1) is 24.8. The van der Waals surface area contributed by atoms with Gasteiger partial charge >= 0.3 is 5.97 Å². The van der Waals surface area contributed by atoms with E-state index in [1.165, 1.54) is 4.90 Å². The molecule has 0 aromatic heterocycles. The van der Waals surface area contributed by atoms with Gasteiger partial charge in [0, 0.05) is 23.5 Å². The standard InChI is InChI=1S/C41H52BrN3O7/c1-8-10-16-32(47)43-27(7)35(28-14-12-11-13-15-28)51-40(50)33-34-38(48)45(29(23-46)20-24(3)4)37(41(34)22-30(42)36(33)52-41)39(49)44(19-9-2)31-21-25(5)17-18-26(31)6/h8-9,11-15,17-18,21,24,27,29-30,33-37,46H,1-2,10,16,19-20,22-23H2,3-7H3,(H,43,47)/t27-,29+,30?,33+,34-,35-,36+,37+,41-/m0/s1. The number of likely N-dealkylation sites (tertiary alicyclic amines) is 1. The van der Waals surface area contributed by atoms with Crippen molar-refractivity contribution in [1.82, 2.24) is 10.2 Å². The van der Waals surface area contributed by atoms with E-state index in [1.54, 1.807) is 24.0 Å². The average Bonchev–Trinajstić information content (AvgIpc) is 3.71. The van der Waals surface area contributed by atoms with Crippen LogP contribution in [0.25, 0.3) is 0 Å². The van der Waals surface area contributed by atoms with Crippen LogP contribution in [0.4, 0.5) is 5.69 Å². The van der Waals surface area contributed by atoms with E-state index in [4.69, 9.17) is 9.47 Å². The van der Waals surface area contributed by atoms with Gasteiger partial charge in [-0.1, -0.05) is 84.4 Å². The third-order valence-corrected chi connectivity index (χ3v) is 11.4. The molecule has 0 radical (unpaired) electrons. The molecule has 1 unspecified atom stereocenters. The van der Waals surface area contributed by atoms with Crippen molar-refractivity contribution in [1.29, 1.82) is 0 Å². The first-order valence-corrected chi connectivity index (χ1v) is 19.1. The maximum atomic E-state index is 15.1. The fourth-order valence-electron chi connectivity index (χ4n) is 8.36. The third kappa shape index (κ3) is 7.50. The van der Waals surface area contributed by atoms with Crippen LogP contribution >= 0.6 is 15.9 Å². The number of aryl methyl sites for hydroxylation is 2. The van der Waals surface area contributed by atoms with Crippen molar-refractivity contribution < 1.29 is 33.8 Å². The minimum Gasteiger partial charge on any atom is -0.455 e. The molecule has 3 saturated heterocycles. The first-order valence-electron chi connectivity index (χ1n) is 18.2. The SMILES string of the molecule is C=CCCC(=O)N[C@@H](C)[C@H](OC(=O)[C@H]1[C@@H]2O[C@@]3(CC2Br)[C@@H]1C(=O)N([C@@H](CO)CC(C)C)[C@@H]3C(=O)N(CC=C)c1cc(C)ccc1C)c1ccccc1. The predicted molar refractivity (Wildman–Crippen MR) is 204 cm³/mol. The lowest BCUT2D eigenvalue weighted by Crippen LogP contribution is -2.59. The highest BCUT2D eigenvalue weighted by molar-refractivity contribution is 9.09. The number of hydrogen-bond acceptors (Lipinski definition) is 7. The Hall–Kier alpha value is -3.80. The number of aliphatic hydroxyl groups is 1. The van der Waals surface area contributed by atoms with Crippen molar-refractivity contribution in [3.05, 3.63) is 90.5 Å². The quantitative estimate of drug-likeness (QED) is 0.127. The van der Waals surface area contributed by atoms with Crippen molar-refractivity contribution in [2.24, 2.45) is 17.8 Å². The average molecular weight is 779 g/mol. The van der Waals surface area contributed by atoms with Gasteiger partial charge < -0.3 is 29.7 Å². The Kier molecular flexibility index (Phi) is 12.5. The monoisotopic (exact) mass is 777 g/mol. The van der Waals surface area contributed by atoms with Crippen LogP contribution < -0.4 is 10.2 Å². The van der Waals surface area contributed by atoms with Crippen LogP contribution in [0.15, 0.2) is 73.8 Å². The summed E-state index contributed by atoms with van der Waals surface area (Å²) in [6.07, 6.45) is 3.19. The van der Waals surface area contributed by atoms with E-state index < -0.39 is 59.6 Å². The summed E-state index contributed by atoms with van der Waals surface area (Å²) in [5, 5.41) is 13.7. The van der Waals surface area contributed by atoms with E-state index in [0.717, 1.165) is 11.1 Å². The number of allylic oxidation sites excluding steroid dienone is 1. The van der Waals surface area contributed by atoms with E-state index in [2.05, 4.69) is 34.4 Å². The highest BCUT2D eigenvalue weighted by atomic mass is 79.9. The molecular weight excluding hydrogens is 726 g/mol. The second kappa shape index (κ2) is 16.5. The lowest BCUT2D eigenvalue weighted by atomic mass is 9.70. The zero-order valence-electron chi connectivity index (χ0n) is 30.8. The number of alkyl halides is 1.